The Balaban J connectivity index is 1.62. The lowest BCUT2D eigenvalue weighted by atomic mass is 9.96. The van der Waals surface area contributed by atoms with Crippen LogP contribution in [0.2, 0.25) is 0 Å². The molecule has 0 spiro atoms. The molecular weight excluding hydrogens is 426 g/mol. The van der Waals surface area contributed by atoms with Crippen LogP contribution in [0.4, 0.5) is 11.5 Å². The van der Waals surface area contributed by atoms with E-state index < -0.39 is 0 Å². The average Bonchev–Trinajstić information content (AvgIpc) is 3.10. The van der Waals surface area contributed by atoms with E-state index in [0.29, 0.717) is 29.4 Å². The molecule has 8 nitrogen and oxygen atoms in total. The molecule has 0 aliphatic carbocycles. The quantitative estimate of drug-likeness (QED) is 0.445. The van der Waals surface area contributed by atoms with E-state index >= 15 is 0 Å². The number of benzene rings is 1. The third-order valence-corrected chi connectivity index (χ3v) is 6.01. The Labute approximate surface area is 198 Å². The van der Waals surface area contributed by atoms with Gasteiger partial charge in [0.15, 0.2) is 5.82 Å². The first-order chi connectivity index (χ1) is 16.3. The third kappa shape index (κ3) is 4.01. The highest BCUT2D eigenvalue weighted by Gasteiger charge is 2.21. The number of fused-ring (bicyclic) bond motifs is 2. The van der Waals surface area contributed by atoms with E-state index in [1.807, 2.05) is 16.8 Å². The van der Waals surface area contributed by atoms with Crippen LogP contribution >= 0.6 is 0 Å². The van der Waals surface area contributed by atoms with Crippen molar-refractivity contribution in [2.24, 2.45) is 0 Å². The molecule has 0 fully saturated rings. The third-order valence-electron chi connectivity index (χ3n) is 6.01. The van der Waals surface area contributed by atoms with Crippen LogP contribution in [0.3, 0.4) is 0 Å². The van der Waals surface area contributed by atoms with Gasteiger partial charge in [-0.05, 0) is 36.2 Å². The molecule has 0 unspecified atom stereocenters. The van der Waals surface area contributed by atoms with E-state index in [2.05, 4.69) is 66.2 Å². The second kappa shape index (κ2) is 8.53. The van der Waals surface area contributed by atoms with Crippen molar-refractivity contribution in [3.05, 3.63) is 82.7 Å². The number of hydrogen-bond donors (Lipinski definition) is 2. The van der Waals surface area contributed by atoms with Crippen LogP contribution in [0.25, 0.3) is 16.7 Å². The number of allylic oxidation sites excluding steroid dienone is 1. The lowest BCUT2D eigenvalue weighted by Gasteiger charge is -2.18. The molecule has 0 radical (unpaired) electrons. The fourth-order valence-electron chi connectivity index (χ4n) is 4.28. The minimum absolute atomic E-state index is 0.135. The maximum atomic E-state index is 13.2. The smallest absolute Gasteiger partial charge is 0.276 e. The maximum Gasteiger partial charge on any atom is 0.276 e. The zero-order valence-corrected chi connectivity index (χ0v) is 19.8. The molecule has 0 saturated carbocycles. The summed E-state index contributed by atoms with van der Waals surface area (Å²) in [7, 11) is 0. The molecule has 8 heteroatoms. The summed E-state index contributed by atoms with van der Waals surface area (Å²) in [6.45, 7) is 12.3. The Morgan fingerprint density at radius 3 is 2.82 bits per heavy atom. The monoisotopic (exact) mass is 455 g/mol. The minimum Gasteiger partial charge on any atom is -0.340 e. The predicted octanol–water partition coefficient (Wildman–Crippen LogP) is 3.85. The highest BCUT2D eigenvalue weighted by Crippen LogP contribution is 2.25. The summed E-state index contributed by atoms with van der Waals surface area (Å²) in [6, 6.07) is 10.1. The lowest BCUT2D eigenvalue weighted by Crippen LogP contribution is -2.23. The van der Waals surface area contributed by atoms with E-state index in [1.165, 1.54) is 11.1 Å². The molecule has 0 bridgehead atoms. The van der Waals surface area contributed by atoms with Crippen LogP contribution in [0, 0.1) is 0 Å². The number of anilines is 2. The zero-order chi connectivity index (χ0) is 23.9. The van der Waals surface area contributed by atoms with Crippen molar-refractivity contribution in [2.75, 3.05) is 11.9 Å². The SMILES string of the molecule is C=CCn1c(=O)c2cnc(Nc3ccc4c(c3)CNCC4)cc2n1-c1ccnc(C(C)(C)C)n1. The summed E-state index contributed by atoms with van der Waals surface area (Å²) in [5, 5.41) is 7.34. The van der Waals surface area contributed by atoms with Crippen molar-refractivity contribution < 1.29 is 0 Å². The van der Waals surface area contributed by atoms with Crippen LogP contribution in [0.5, 0.6) is 0 Å². The van der Waals surface area contributed by atoms with Gasteiger partial charge in [0.2, 0.25) is 0 Å². The Bertz CT molecular complexity index is 1440. The van der Waals surface area contributed by atoms with Crippen molar-refractivity contribution in [3.63, 3.8) is 0 Å². The number of hydrogen-bond acceptors (Lipinski definition) is 6. The van der Waals surface area contributed by atoms with Crippen LogP contribution < -0.4 is 16.2 Å². The topological polar surface area (TPSA) is 89.7 Å². The number of nitrogens with one attached hydrogen (secondary N) is 2. The van der Waals surface area contributed by atoms with Crippen LogP contribution in [-0.4, -0.2) is 30.9 Å². The second-order valence-corrected chi connectivity index (χ2v) is 9.60. The summed E-state index contributed by atoms with van der Waals surface area (Å²) in [5.74, 6) is 2.00. The highest BCUT2D eigenvalue weighted by molar-refractivity contribution is 5.82. The van der Waals surface area contributed by atoms with Gasteiger partial charge in [-0.15, -0.1) is 6.58 Å². The summed E-state index contributed by atoms with van der Waals surface area (Å²) in [4.78, 5) is 27.0. The molecule has 1 aromatic carbocycles. The van der Waals surface area contributed by atoms with Gasteiger partial charge in [-0.25, -0.2) is 24.3 Å². The van der Waals surface area contributed by atoms with Gasteiger partial charge in [0, 0.05) is 42.2 Å². The van der Waals surface area contributed by atoms with Gasteiger partial charge < -0.3 is 10.6 Å². The summed E-state index contributed by atoms with van der Waals surface area (Å²) >= 11 is 0. The Morgan fingerprint density at radius 2 is 2.03 bits per heavy atom. The molecule has 0 atom stereocenters. The fraction of sp³-hybridized carbons (Fsp3) is 0.308. The van der Waals surface area contributed by atoms with Gasteiger partial charge in [0.05, 0.1) is 17.4 Å². The van der Waals surface area contributed by atoms with Gasteiger partial charge in [-0.1, -0.05) is 32.9 Å². The predicted molar refractivity (Wildman–Crippen MR) is 135 cm³/mol. The van der Waals surface area contributed by atoms with Crippen molar-refractivity contribution in [3.8, 4) is 5.82 Å². The highest BCUT2D eigenvalue weighted by atomic mass is 16.1. The van der Waals surface area contributed by atoms with Gasteiger partial charge >= 0.3 is 0 Å². The van der Waals surface area contributed by atoms with Crippen molar-refractivity contribution in [1.29, 1.82) is 0 Å². The van der Waals surface area contributed by atoms with E-state index in [1.54, 1.807) is 23.2 Å². The molecule has 0 saturated heterocycles. The van der Waals surface area contributed by atoms with Gasteiger partial charge in [-0.3, -0.25) is 4.79 Å². The van der Waals surface area contributed by atoms with E-state index in [-0.39, 0.29) is 11.0 Å². The average molecular weight is 456 g/mol. The molecule has 174 valence electrons. The molecule has 0 amide bonds. The normalized spacial score (nSPS) is 13.6. The number of pyridine rings is 1. The molecule has 5 rings (SSSR count). The number of aromatic nitrogens is 5. The van der Waals surface area contributed by atoms with Crippen molar-refractivity contribution >= 4 is 22.4 Å². The van der Waals surface area contributed by atoms with Gasteiger partial charge in [0.1, 0.15) is 11.6 Å². The molecule has 1 aliphatic rings. The molecule has 1 aliphatic heterocycles. The zero-order valence-electron chi connectivity index (χ0n) is 19.8. The van der Waals surface area contributed by atoms with E-state index in [4.69, 9.17) is 4.98 Å². The maximum absolute atomic E-state index is 13.2. The van der Waals surface area contributed by atoms with Crippen LogP contribution in [0.1, 0.15) is 37.7 Å². The molecule has 3 aromatic heterocycles. The first-order valence-electron chi connectivity index (χ1n) is 11.5. The minimum atomic E-state index is -0.224. The van der Waals surface area contributed by atoms with E-state index in [9.17, 15) is 4.79 Å². The molecule has 2 N–H and O–H groups in total. The van der Waals surface area contributed by atoms with Crippen molar-refractivity contribution in [2.45, 2.75) is 45.7 Å². The first kappa shape index (κ1) is 22.0. The van der Waals surface area contributed by atoms with Crippen LogP contribution in [-0.2, 0) is 24.9 Å². The van der Waals surface area contributed by atoms with Gasteiger partial charge in [-0.2, -0.15) is 0 Å². The Morgan fingerprint density at radius 1 is 1.18 bits per heavy atom. The lowest BCUT2D eigenvalue weighted by molar-refractivity contribution is 0.534. The summed E-state index contributed by atoms with van der Waals surface area (Å²) in [6.07, 6.45) is 6.11. The Hall–Kier alpha value is -3.78. The first-order valence-corrected chi connectivity index (χ1v) is 11.5. The van der Waals surface area contributed by atoms with E-state index in [0.717, 1.165) is 30.7 Å². The fourth-order valence-corrected chi connectivity index (χ4v) is 4.28. The summed E-state index contributed by atoms with van der Waals surface area (Å²) < 4.78 is 3.46. The largest absolute Gasteiger partial charge is 0.340 e. The molecule has 4 aromatic rings. The second-order valence-electron chi connectivity index (χ2n) is 9.60. The summed E-state index contributed by atoms with van der Waals surface area (Å²) in [5.41, 5.74) is 4.00. The number of nitrogens with zero attached hydrogens (tertiary/aromatic N) is 5. The Kier molecular flexibility index (Phi) is 5.53. The molecule has 34 heavy (non-hydrogen) atoms. The molecule has 4 heterocycles. The van der Waals surface area contributed by atoms with Crippen molar-refractivity contribution in [1.82, 2.24) is 29.6 Å². The van der Waals surface area contributed by atoms with Crippen LogP contribution in [0.15, 0.2) is 60.2 Å². The standard InChI is InChI=1S/C26H29N7O/c1-5-12-32-24(34)20-16-29-22(30-19-7-6-17-8-10-27-15-18(17)13-19)14-21(20)33(32)23-9-11-28-25(31-23)26(2,3)4/h5-7,9,11,13-14,16,27H,1,8,10,12,15H2,2-4H3,(H,29,30). The molecular formula is C26H29N7O. The number of rotatable bonds is 5. The van der Waals surface area contributed by atoms with Gasteiger partial charge in [0.25, 0.3) is 5.56 Å².